The smallest absolute Gasteiger partial charge is 0.258 e. The van der Waals surface area contributed by atoms with E-state index in [0.29, 0.717) is 47.0 Å². The number of anilines is 1. The van der Waals surface area contributed by atoms with Crippen LogP contribution in [-0.4, -0.2) is 20.9 Å². The third kappa shape index (κ3) is 3.76. The van der Waals surface area contributed by atoms with Gasteiger partial charge in [0.25, 0.3) is 5.56 Å². The van der Waals surface area contributed by atoms with Gasteiger partial charge in [-0.15, -0.1) is 11.3 Å². The number of benzene rings is 1. The normalized spacial score (nSPS) is 13.9. The van der Waals surface area contributed by atoms with Crippen LogP contribution in [0.15, 0.2) is 34.4 Å². The summed E-state index contributed by atoms with van der Waals surface area (Å²) in [5, 5.41) is 6.13. The van der Waals surface area contributed by atoms with Crippen LogP contribution in [0.1, 0.15) is 43.1 Å². The van der Waals surface area contributed by atoms with E-state index in [1.807, 2.05) is 23.6 Å². The molecule has 0 radical (unpaired) electrons. The molecule has 6 nitrogen and oxygen atoms in total. The lowest BCUT2D eigenvalue weighted by Crippen LogP contribution is -2.14. The second-order valence-corrected chi connectivity index (χ2v) is 7.14. The van der Waals surface area contributed by atoms with E-state index in [0.717, 1.165) is 5.69 Å². The molecule has 0 bridgehead atoms. The fraction of sp³-hybridized carbons (Fsp3) is 0.333. The van der Waals surface area contributed by atoms with Gasteiger partial charge in [0.15, 0.2) is 5.13 Å². The highest BCUT2D eigenvalue weighted by Crippen LogP contribution is 2.40. The molecule has 25 heavy (non-hydrogen) atoms. The summed E-state index contributed by atoms with van der Waals surface area (Å²) in [5.74, 6) is 1.15. The average molecular weight is 354 g/mol. The number of aromatic nitrogens is 3. The summed E-state index contributed by atoms with van der Waals surface area (Å²) in [4.78, 5) is 35.7. The zero-order chi connectivity index (χ0) is 17.2. The summed E-state index contributed by atoms with van der Waals surface area (Å²) in [6, 6.07) is 7.25. The number of thiazole rings is 1. The minimum Gasteiger partial charge on any atom is -0.310 e. The van der Waals surface area contributed by atoms with Gasteiger partial charge in [-0.1, -0.05) is 12.1 Å². The van der Waals surface area contributed by atoms with Gasteiger partial charge in [0, 0.05) is 24.1 Å². The van der Waals surface area contributed by atoms with E-state index >= 15 is 0 Å². The number of aryl methyl sites for hydroxylation is 1. The summed E-state index contributed by atoms with van der Waals surface area (Å²) < 4.78 is 0. The quantitative estimate of drug-likeness (QED) is 0.711. The maximum Gasteiger partial charge on any atom is 0.258 e. The van der Waals surface area contributed by atoms with Crippen molar-refractivity contribution in [3.8, 4) is 0 Å². The molecule has 0 aliphatic heterocycles. The molecule has 2 N–H and O–H groups in total. The molecule has 7 heteroatoms. The summed E-state index contributed by atoms with van der Waals surface area (Å²) in [5.41, 5.74) is 1.64. The predicted octanol–water partition coefficient (Wildman–Crippen LogP) is 3.22. The lowest BCUT2D eigenvalue weighted by Gasteiger charge is -2.03. The number of carbonyl (C=O) groups is 1. The lowest BCUT2D eigenvalue weighted by atomic mass is 10.2. The van der Waals surface area contributed by atoms with E-state index in [1.54, 1.807) is 6.07 Å². The van der Waals surface area contributed by atoms with Gasteiger partial charge < -0.3 is 10.3 Å². The van der Waals surface area contributed by atoms with Gasteiger partial charge in [0.1, 0.15) is 5.82 Å². The number of fused-ring (bicyclic) bond motifs is 1. The highest BCUT2D eigenvalue weighted by molar-refractivity contribution is 7.13. The third-order valence-corrected chi connectivity index (χ3v) is 5.02. The lowest BCUT2D eigenvalue weighted by molar-refractivity contribution is -0.116. The molecule has 1 fully saturated rings. The van der Waals surface area contributed by atoms with Crippen LogP contribution in [0.4, 0.5) is 5.13 Å². The van der Waals surface area contributed by atoms with Crippen LogP contribution in [0, 0.1) is 0 Å². The predicted molar refractivity (Wildman–Crippen MR) is 98.0 cm³/mol. The molecule has 0 unspecified atom stereocenters. The van der Waals surface area contributed by atoms with Crippen molar-refractivity contribution in [2.75, 3.05) is 5.32 Å². The molecule has 1 amide bonds. The molecule has 1 aliphatic rings. The second kappa shape index (κ2) is 6.76. The van der Waals surface area contributed by atoms with Crippen molar-refractivity contribution in [3.63, 3.8) is 0 Å². The minimum absolute atomic E-state index is 0.0557. The summed E-state index contributed by atoms with van der Waals surface area (Å²) in [7, 11) is 0. The van der Waals surface area contributed by atoms with Crippen LogP contribution in [0.5, 0.6) is 0 Å². The van der Waals surface area contributed by atoms with E-state index < -0.39 is 0 Å². The Kier molecular flexibility index (Phi) is 4.31. The van der Waals surface area contributed by atoms with Crippen LogP contribution in [-0.2, 0) is 11.2 Å². The van der Waals surface area contributed by atoms with Gasteiger partial charge in [0.2, 0.25) is 5.91 Å². The SMILES string of the molecule is O=C(CCCc1nc2ccccc2c(=O)[nH]1)Nc1nc(C2CC2)cs1. The van der Waals surface area contributed by atoms with Crippen molar-refractivity contribution >= 4 is 33.3 Å². The first-order valence-corrected chi connectivity index (χ1v) is 9.30. The van der Waals surface area contributed by atoms with E-state index in [2.05, 4.69) is 20.3 Å². The highest BCUT2D eigenvalue weighted by atomic mass is 32.1. The zero-order valence-corrected chi connectivity index (χ0v) is 14.4. The Morgan fingerprint density at radius 3 is 2.96 bits per heavy atom. The van der Waals surface area contributed by atoms with Crippen LogP contribution < -0.4 is 10.9 Å². The molecule has 2 heterocycles. The molecule has 2 aromatic heterocycles. The van der Waals surface area contributed by atoms with E-state index in [1.165, 1.54) is 24.2 Å². The second-order valence-electron chi connectivity index (χ2n) is 6.28. The van der Waals surface area contributed by atoms with Gasteiger partial charge in [0.05, 0.1) is 16.6 Å². The Morgan fingerprint density at radius 1 is 1.28 bits per heavy atom. The fourth-order valence-corrected chi connectivity index (χ4v) is 3.57. The third-order valence-electron chi connectivity index (χ3n) is 4.24. The largest absolute Gasteiger partial charge is 0.310 e. The molecule has 1 aromatic carbocycles. The number of carbonyl (C=O) groups excluding carboxylic acids is 1. The molecule has 3 aromatic rings. The Morgan fingerprint density at radius 2 is 2.12 bits per heavy atom. The van der Waals surface area contributed by atoms with E-state index in [-0.39, 0.29) is 11.5 Å². The summed E-state index contributed by atoms with van der Waals surface area (Å²) in [6.07, 6.45) is 3.95. The van der Waals surface area contributed by atoms with Crippen molar-refractivity contribution < 1.29 is 4.79 Å². The van der Waals surface area contributed by atoms with Gasteiger partial charge in [-0.3, -0.25) is 9.59 Å². The summed E-state index contributed by atoms with van der Waals surface area (Å²) in [6.45, 7) is 0. The molecule has 4 rings (SSSR count). The van der Waals surface area contributed by atoms with Crippen molar-refractivity contribution in [2.24, 2.45) is 0 Å². The number of hydrogen-bond donors (Lipinski definition) is 2. The number of amides is 1. The number of para-hydroxylation sites is 1. The minimum atomic E-state index is -0.138. The first kappa shape index (κ1) is 16.0. The molecule has 0 saturated heterocycles. The monoisotopic (exact) mass is 354 g/mol. The Bertz CT molecular complexity index is 974. The molecule has 0 atom stereocenters. The molecule has 1 aliphatic carbocycles. The molecule has 0 spiro atoms. The molecular weight excluding hydrogens is 336 g/mol. The van der Waals surface area contributed by atoms with Crippen molar-refractivity contribution in [1.82, 2.24) is 15.0 Å². The number of rotatable bonds is 6. The summed E-state index contributed by atoms with van der Waals surface area (Å²) >= 11 is 1.48. The fourth-order valence-electron chi connectivity index (χ4n) is 2.76. The maximum absolute atomic E-state index is 12.0. The van der Waals surface area contributed by atoms with Gasteiger partial charge >= 0.3 is 0 Å². The van der Waals surface area contributed by atoms with E-state index in [9.17, 15) is 9.59 Å². The van der Waals surface area contributed by atoms with Crippen LogP contribution in [0.3, 0.4) is 0 Å². The van der Waals surface area contributed by atoms with Crippen molar-refractivity contribution in [3.05, 3.63) is 51.5 Å². The van der Waals surface area contributed by atoms with Gasteiger partial charge in [-0.05, 0) is 31.4 Å². The Balaban J connectivity index is 1.32. The van der Waals surface area contributed by atoms with E-state index in [4.69, 9.17) is 0 Å². The molecular formula is C18H18N4O2S. The number of nitrogens with one attached hydrogen (secondary N) is 2. The van der Waals surface area contributed by atoms with Crippen LogP contribution >= 0.6 is 11.3 Å². The standard InChI is InChI=1S/C18H18N4O2S/c23-16(22-18-20-14(10-25-18)11-8-9-11)7-3-6-15-19-13-5-2-1-4-12(13)17(24)21-15/h1-2,4-5,10-11H,3,6-9H2,(H,19,21,24)(H,20,22,23). The number of H-pyrrole nitrogens is 1. The Labute approximate surface area is 148 Å². The number of aromatic amines is 1. The number of nitrogens with zero attached hydrogens (tertiary/aromatic N) is 2. The molecule has 128 valence electrons. The van der Waals surface area contributed by atoms with Gasteiger partial charge in [-0.25, -0.2) is 9.97 Å². The maximum atomic E-state index is 12.0. The first-order chi connectivity index (χ1) is 12.2. The average Bonchev–Trinajstić information content (AvgIpc) is 3.35. The van der Waals surface area contributed by atoms with Crippen molar-refractivity contribution in [1.29, 1.82) is 0 Å². The van der Waals surface area contributed by atoms with Crippen molar-refractivity contribution in [2.45, 2.75) is 38.0 Å². The topological polar surface area (TPSA) is 87.7 Å². The number of hydrogen-bond acceptors (Lipinski definition) is 5. The highest BCUT2D eigenvalue weighted by Gasteiger charge is 2.26. The zero-order valence-electron chi connectivity index (χ0n) is 13.6. The first-order valence-electron chi connectivity index (χ1n) is 8.42. The van der Waals surface area contributed by atoms with Gasteiger partial charge in [-0.2, -0.15) is 0 Å². The van der Waals surface area contributed by atoms with Crippen LogP contribution in [0.25, 0.3) is 10.9 Å². The Hall–Kier alpha value is -2.54. The van der Waals surface area contributed by atoms with Crippen LogP contribution in [0.2, 0.25) is 0 Å². The molecule has 1 saturated carbocycles.